The molecule has 1 unspecified atom stereocenters. The fourth-order valence-electron chi connectivity index (χ4n) is 1.66. The molecule has 0 amide bonds. The minimum absolute atomic E-state index is 0.280. The first-order valence-corrected chi connectivity index (χ1v) is 5.26. The van der Waals surface area contributed by atoms with Crippen LogP contribution in [-0.4, -0.2) is 37.5 Å². The summed E-state index contributed by atoms with van der Waals surface area (Å²) in [6, 6.07) is 1.86. The Morgan fingerprint density at radius 1 is 1.50 bits per heavy atom. The van der Waals surface area contributed by atoms with Crippen molar-refractivity contribution in [3.8, 4) is 0 Å². The van der Waals surface area contributed by atoms with Crippen molar-refractivity contribution in [3.63, 3.8) is 0 Å². The first kappa shape index (κ1) is 11.3. The number of halogens is 1. The molecule has 2 heterocycles. The number of aliphatic hydroxyl groups is 2. The molecule has 2 aromatic heterocycles. The monoisotopic (exact) mass is 241 g/mol. The van der Waals surface area contributed by atoms with Gasteiger partial charge in [-0.25, -0.2) is 9.97 Å². The molecule has 1 atom stereocenters. The number of aromatic nitrogens is 3. The highest BCUT2D eigenvalue weighted by molar-refractivity contribution is 6.33. The van der Waals surface area contributed by atoms with Crippen LogP contribution < -0.4 is 0 Å². The fourth-order valence-corrected chi connectivity index (χ4v) is 1.84. The second-order valence-corrected chi connectivity index (χ2v) is 3.99. The van der Waals surface area contributed by atoms with Crippen molar-refractivity contribution in [3.05, 3.63) is 23.2 Å². The average molecular weight is 242 g/mol. The SMILES string of the molecule is Cc1cc2c(Cl)ncnc2n1CC(O)CO. The number of hydrogen-bond donors (Lipinski definition) is 2. The molecule has 0 saturated carbocycles. The number of hydrogen-bond acceptors (Lipinski definition) is 4. The predicted molar refractivity (Wildman–Crippen MR) is 60.4 cm³/mol. The summed E-state index contributed by atoms with van der Waals surface area (Å²) in [6.45, 7) is 1.90. The summed E-state index contributed by atoms with van der Waals surface area (Å²) < 4.78 is 1.81. The Labute approximate surface area is 97.3 Å². The molecule has 0 aliphatic carbocycles. The van der Waals surface area contributed by atoms with Crippen LogP contribution in [0.15, 0.2) is 12.4 Å². The molecule has 86 valence electrons. The predicted octanol–water partition coefficient (Wildman–Crippen LogP) is 0.746. The van der Waals surface area contributed by atoms with Gasteiger partial charge < -0.3 is 14.8 Å². The van der Waals surface area contributed by atoms with Gasteiger partial charge in [-0.1, -0.05) is 11.6 Å². The zero-order valence-electron chi connectivity index (χ0n) is 8.76. The van der Waals surface area contributed by atoms with Gasteiger partial charge in [-0.05, 0) is 13.0 Å². The van der Waals surface area contributed by atoms with Gasteiger partial charge in [-0.3, -0.25) is 0 Å². The van der Waals surface area contributed by atoms with Crippen LogP contribution in [0.5, 0.6) is 0 Å². The minimum atomic E-state index is -0.803. The van der Waals surface area contributed by atoms with E-state index in [1.807, 2.05) is 17.6 Å². The molecule has 0 spiro atoms. The van der Waals surface area contributed by atoms with Crippen LogP contribution in [-0.2, 0) is 6.54 Å². The third-order valence-corrected chi connectivity index (χ3v) is 2.75. The molecule has 0 fully saturated rings. The molecule has 16 heavy (non-hydrogen) atoms. The lowest BCUT2D eigenvalue weighted by molar-refractivity contribution is 0.0817. The first-order chi connectivity index (χ1) is 7.63. The highest BCUT2D eigenvalue weighted by Crippen LogP contribution is 2.23. The highest BCUT2D eigenvalue weighted by atomic mass is 35.5. The molecular weight excluding hydrogens is 230 g/mol. The second kappa shape index (κ2) is 4.37. The molecule has 0 bridgehead atoms. The van der Waals surface area contributed by atoms with Gasteiger partial charge in [0.2, 0.25) is 0 Å². The van der Waals surface area contributed by atoms with E-state index in [0.717, 1.165) is 11.1 Å². The van der Waals surface area contributed by atoms with Gasteiger partial charge in [0.25, 0.3) is 0 Å². The molecule has 0 saturated heterocycles. The van der Waals surface area contributed by atoms with E-state index in [4.69, 9.17) is 16.7 Å². The maximum atomic E-state index is 9.44. The van der Waals surface area contributed by atoms with Crippen LogP contribution in [0.1, 0.15) is 5.69 Å². The van der Waals surface area contributed by atoms with Gasteiger partial charge in [0, 0.05) is 5.69 Å². The smallest absolute Gasteiger partial charge is 0.145 e. The van der Waals surface area contributed by atoms with E-state index in [2.05, 4.69) is 9.97 Å². The Morgan fingerprint density at radius 2 is 2.25 bits per heavy atom. The summed E-state index contributed by atoms with van der Waals surface area (Å²) in [5, 5.41) is 19.4. The Hall–Kier alpha value is -1.17. The summed E-state index contributed by atoms with van der Waals surface area (Å²) in [4.78, 5) is 8.02. The Bertz CT molecular complexity index is 512. The fraction of sp³-hybridized carbons (Fsp3) is 0.400. The van der Waals surface area contributed by atoms with Gasteiger partial charge >= 0.3 is 0 Å². The van der Waals surface area contributed by atoms with Gasteiger partial charge in [0.1, 0.15) is 17.1 Å². The third-order valence-electron chi connectivity index (χ3n) is 2.45. The van der Waals surface area contributed by atoms with Crippen molar-refractivity contribution >= 4 is 22.6 Å². The zero-order valence-corrected chi connectivity index (χ0v) is 9.52. The van der Waals surface area contributed by atoms with Crippen LogP contribution in [0, 0.1) is 6.92 Å². The van der Waals surface area contributed by atoms with Crippen molar-refractivity contribution in [2.75, 3.05) is 6.61 Å². The van der Waals surface area contributed by atoms with Gasteiger partial charge in [-0.15, -0.1) is 0 Å². The number of aryl methyl sites for hydroxylation is 1. The Balaban J connectivity index is 2.52. The van der Waals surface area contributed by atoms with Crippen LogP contribution in [0.25, 0.3) is 11.0 Å². The standard InChI is InChI=1S/C10H12ClN3O2/c1-6-2-8-9(11)12-5-13-10(8)14(6)3-7(16)4-15/h2,5,7,15-16H,3-4H2,1H3. The van der Waals surface area contributed by atoms with E-state index in [9.17, 15) is 5.11 Å². The maximum Gasteiger partial charge on any atom is 0.145 e. The van der Waals surface area contributed by atoms with E-state index in [0.29, 0.717) is 17.3 Å². The van der Waals surface area contributed by atoms with Crippen molar-refractivity contribution in [2.24, 2.45) is 0 Å². The van der Waals surface area contributed by atoms with Crippen LogP contribution in [0.2, 0.25) is 5.15 Å². The van der Waals surface area contributed by atoms with Crippen LogP contribution >= 0.6 is 11.6 Å². The van der Waals surface area contributed by atoms with E-state index < -0.39 is 6.10 Å². The highest BCUT2D eigenvalue weighted by Gasteiger charge is 2.12. The quantitative estimate of drug-likeness (QED) is 0.778. The average Bonchev–Trinajstić information content (AvgIpc) is 2.58. The molecule has 6 heteroatoms. The normalized spacial score (nSPS) is 13.2. The molecule has 0 radical (unpaired) electrons. The van der Waals surface area contributed by atoms with E-state index in [1.165, 1.54) is 6.33 Å². The lowest BCUT2D eigenvalue weighted by Crippen LogP contribution is -2.20. The van der Waals surface area contributed by atoms with E-state index in [1.54, 1.807) is 0 Å². The van der Waals surface area contributed by atoms with Crippen LogP contribution in [0.4, 0.5) is 0 Å². The van der Waals surface area contributed by atoms with Crippen molar-refractivity contribution in [2.45, 2.75) is 19.6 Å². The van der Waals surface area contributed by atoms with E-state index >= 15 is 0 Å². The molecule has 0 aliphatic rings. The molecule has 2 N–H and O–H groups in total. The second-order valence-electron chi connectivity index (χ2n) is 3.63. The summed E-state index contributed by atoms with van der Waals surface area (Å²) in [5.74, 6) is 0. The van der Waals surface area contributed by atoms with Crippen molar-refractivity contribution in [1.29, 1.82) is 0 Å². The Morgan fingerprint density at radius 3 is 2.94 bits per heavy atom. The number of aliphatic hydroxyl groups excluding tert-OH is 2. The van der Waals surface area contributed by atoms with Gasteiger partial charge in [0.15, 0.2) is 0 Å². The van der Waals surface area contributed by atoms with Crippen molar-refractivity contribution < 1.29 is 10.2 Å². The minimum Gasteiger partial charge on any atom is -0.394 e. The topological polar surface area (TPSA) is 71.2 Å². The molecule has 2 rings (SSSR count). The number of rotatable bonds is 3. The Kier molecular flexibility index (Phi) is 3.09. The summed E-state index contributed by atoms with van der Waals surface area (Å²) in [6.07, 6.45) is 0.578. The zero-order chi connectivity index (χ0) is 11.7. The van der Waals surface area contributed by atoms with E-state index in [-0.39, 0.29) is 6.61 Å². The van der Waals surface area contributed by atoms with Crippen molar-refractivity contribution in [1.82, 2.24) is 14.5 Å². The molecule has 5 nitrogen and oxygen atoms in total. The maximum absolute atomic E-state index is 9.44. The van der Waals surface area contributed by atoms with Crippen LogP contribution in [0.3, 0.4) is 0 Å². The number of nitrogens with zero attached hydrogens (tertiary/aromatic N) is 3. The summed E-state index contributed by atoms with van der Waals surface area (Å²) in [5.41, 5.74) is 1.59. The largest absolute Gasteiger partial charge is 0.394 e. The molecule has 0 aliphatic heterocycles. The first-order valence-electron chi connectivity index (χ1n) is 4.88. The summed E-state index contributed by atoms with van der Waals surface area (Å²) in [7, 11) is 0. The van der Waals surface area contributed by atoms with Gasteiger partial charge in [-0.2, -0.15) is 0 Å². The van der Waals surface area contributed by atoms with Gasteiger partial charge in [0.05, 0.1) is 24.6 Å². The summed E-state index contributed by atoms with van der Waals surface area (Å²) >= 11 is 5.94. The third kappa shape index (κ3) is 1.89. The number of fused-ring (bicyclic) bond motifs is 1. The lowest BCUT2D eigenvalue weighted by atomic mass is 10.3. The lowest BCUT2D eigenvalue weighted by Gasteiger charge is -2.11. The molecule has 2 aromatic rings. The molecular formula is C10H12ClN3O2. The molecule has 0 aromatic carbocycles.